The van der Waals surface area contributed by atoms with Crippen LogP contribution in [0.15, 0.2) is 0 Å². The molecule has 0 saturated carbocycles. The van der Waals surface area contributed by atoms with Crippen LogP contribution in [-0.2, 0) is 0 Å². The van der Waals surface area contributed by atoms with Crippen molar-refractivity contribution in [2.75, 3.05) is 69.5 Å². The van der Waals surface area contributed by atoms with Gasteiger partial charge in [0.15, 0.2) is 0 Å². The molecule has 0 aromatic heterocycles. The van der Waals surface area contributed by atoms with Gasteiger partial charge in [0.1, 0.15) is 0 Å². The lowest BCUT2D eigenvalue weighted by molar-refractivity contribution is 0.113. The summed E-state index contributed by atoms with van der Waals surface area (Å²) in [6, 6.07) is 0. The van der Waals surface area contributed by atoms with Crippen LogP contribution in [0, 0.1) is 0 Å². The minimum absolute atomic E-state index is 0.506. The summed E-state index contributed by atoms with van der Waals surface area (Å²) in [6.07, 6.45) is 3.31. The Morgan fingerprint density at radius 2 is 0.842 bits per heavy atom. The van der Waals surface area contributed by atoms with Gasteiger partial charge in [-0.15, -0.1) is 0 Å². The standard InChI is InChI=1S/C14H35N5/c1-16(2)13(17(3)4)9-11-15-12-10-14(18(5)6)19(7)8/h13-15H,9-12H2,1-8H3. The Hall–Kier alpha value is -0.200. The van der Waals surface area contributed by atoms with E-state index in [1.807, 2.05) is 0 Å². The average Bonchev–Trinajstić information content (AvgIpc) is 2.25. The maximum Gasteiger partial charge on any atom is 0.0624 e. The number of nitrogens with zero attached hydrogens (tertiary/aromatic N) is 4. The molecule has 0 aliphatic heterocycles. The molecule has 5 nitrogen and oxygen atoms in total. The molecule has 0 fully saturated rings. The first-order chi connectivity index (χ1) is 8.77. The SMILES string of the molecule is CN(C)C(CCNCCC(N(C)C)N(C)C)N(C)C. The molecule has 0 aliphatic carbocycles. The van der Waals surface area contributed by atoms with E-state index < -0.39 is 0 Å². The van der Waals surface area contributed by atoms with Crippen molar-refractivity contribution >= 4 is 0 Å². The zero-order valence-electron chi connectivity index (χ0n) is 14.3. The highest BCUT2D eigenvalue weighted by Crippen LogP contribution is 2.03. The molecule has 0 rings (SSSR count). The maximum absolute atomic E-state index is 3.56. The normalized spacial score (nSPS) is 12.9. The molecule has 116 valence electrons. The van der Waals surface area contributed by atoms with Gasteiger partial charge < -0.3 is 5.32 Å². The van der Waals surface area contributed by atoms with E-state index in [2.05, 4.69) is 81.3 Å². The van der Waals surface area contributed by atoms with Crippen molar-refractivity contribution < 1.29 is 0 Å². The minimum Gasteiger partial charge on any atom is -0.317 e. The third-order valence-corrected chi connectivity index (χ3v) is 3.54. The quantitative estimate of drug-likeness (QED) is 0.455. The third-order valence-electron chi connectivity index (χ3n) is 3.54. The second kappa shape index (κ2) is 9.66. The third kappa shape index (κ3) is 7.84. The molecule has 0 heterocycles. The number of rotatable bonds is 10. The highest BCUT2D eigenvalue weighted by atomic mass is 15.3. The molecular weight excluding hydrogens is 238 g/mol. The van der Waals surface area contributed by atoms with Gasteiger partial charge in [-0.25, -0.2) is 0 Å². The molecule has 19 heavy (non-hydrogen) atoms. The summed E-state index contributed by atoms with van der Waals surface area (Å²) < 4.78 is 0. The second-order valence-electron chi connectivity index (χ2n) is 6.14. The van der Waals surface area contributed by atoms with Crippen LogP contribution in [0.25, 0.3) is 0 Å². The van der Waals surface area contributed by atoms with E-state index in [1.165, 1.54) is 0 Å². The van der Waals surface area contributed by atoms with E-state index in [1.54, 1.807) is 0 Å². The smallest absolute Gasteiger partial charge is 0.0624 e. The lowest BCUT2D eigenvalue weighted by Crippen LogP contribution is -2.44. The van der Waals surface area contributed by atoms with Crippen LogP contribution in [0.3, 0.4) is 0 Å². The van der Waals surface area contributed by atoms with Crippen LogP contribution in [0.2, 0.25) is 0 Å². The van der Waals surface area contributed by atoms with E-state index in [0.717, 1.165) is 25.9 Å². The summed E-state index contributed by atoms with van der Waals surface area (Å²) >= 11 is 0. The number of nitrogens with one attached hydrogen (secondary N) is 1. The molecule has 0 unspecified atom stereocenters. The fourth-order valence-corrected chi connectivity index (χ4v) is 2.54. The highest BCUT2D eigenvalue weighted by Gasteiger charge is 2.14. The Bertz CT molecular complexity index is 178. The van der Waals surface area contributed by atoms with Crippen LogP contribution < -0.4 is 5.32 Å². The number of hydrogen-bond acceptors (Lipinski definition) is 5. The van der Waals surface area contributed by atoms with Crippen molar-refractivity contribution in [2.45, 2.75) is 25.2 Å². The van der Waals surface area contributed by atoms with Gasteiger partial charge in [0.25, 0.3) is 0 Å². The first-order valence-corrected chi connectivity index (χ1v) is 7.13. The minimum atomic E-state index is 0.506. The average molecular weight is 273 g/mol. The van der Waals surface area contributed by atoms with Crippen molar-refractivity contribution in [3.63, 3.8) is 0 Å². The van der Waals surface area contributed by atoms with Crippen molar-refractivity contribution in [3.8, 4) is 0 Å². The van der Waals surface area contributed by atoms with Gasteiger partial charge in [-0.2, -0.15) is 0 Å². The van der Waals surface area contributed by atoms with Crippen molar-refractivity contribution in [2.24, 2.45) is 0 Å². The molecule has 1 N–H and O–H groups in total. The van der Waals surface area contributed by atoms with E-state index >= 15 is 0 Å². The van der Waals surface area contributed by atoms with Gasteiger partial charge in [0.05, 0.1) is 12.3 Å². The van der Waals surface area contributed by atoms with E-state index in [9.17, 15) is 0 Å². The summed E-state index contributed by atoms with van der Waals surface area (Å²) in [6.45, 7) is 2.13. The maximum atomic E-state index is 3.56. The van der Waals surface area contributed by atoms with Crippen LogP contribution in [0.4, 0.5) is 0 Å². The van der Waals surface area contributed by atoms with Gasteiger partial charge >= 0.3 is 0 Å². The molecule has 0 radical (unpaired) electrons. The molecule has 0 atom stereocenters. The molecule has 0 amide bonds. The van der Waals surface area contributed by atoms with Crippen LogP contribution in [0.5, 0.6) is 0 Å². The molecule has 5 heteroatoms. The van der Waals surface area contributed by atoms with Crippen molar-refractivity contribution in [1.29, 1.82) is 0 Å². The lowest BCUT2D eigenvalue weighted by atomic mass is 10.2. The van der Waals surface area contributed by atoms with E-state index in [-0.39, 0.29) is 0 Å². The summed E-state index contributed by atoms with van der Waals surface area (Å²) in [5, 5.41) is 3.56. The highest BCUT2D eigenvalue weighted by molar-refractivity contribution is 4.67. The molecule has 0 saturated heterocycles. The van der Waals surface area contributed by atoms with E-state index in [4.69, 9.17) is 0 Å². The first kappa shape index (κ1) is 18.8. The van der Waals surface area contributed by atoms with Gasteiger partial charge in [0, 0.05) is 0 Å². The zero-order chi connectivity index (χ0) is 15.0. The van der Waals surface area contributed by atoms with Crippen molar-refractivity contribution in [1.82, 2.24) is 24.9 Å². The Morgan fingerprint density at radius 3 is 1.05 bits per heavy atom. The summed E-state index contributed by atoms with van der Waals surface area (Å²) in [4.78, 5) is 9.07. The zero-order valence-corrected chi connectivity index (χ0v) is 14.3. The fourth-order valence-electron chi connectivity index (χ4n) is 2.54. The van der Waals surface area contributed by atoms with Gasteiger partial charge in [-0.05, 0) is 82.3 Å². The Labute approximate surface area is 120 Å². The van der Waals surface area contributed by atoms with Crippen LogP contribution >= 0.6 is 0 Å². The second-order valence-corrected chi connectivity index (χ2v) is 6.14. The van der Waals surface area contributed by atoms with Crippen molar-refractivity contribution in [3.05, 3.63) is 0 Å². The largest absolute Gasteiger partial charge is 0.317 e. The Kier molecular flexibility index (Phi) is 9.56. The fraction of sp³-hybridized carbons (Fsp3) is 1.00. The monoisotopic (exact) mass is 273 g/mol. The van der Waals surface area contributed by atoms with Gasteiger partial charge in [-0.1, -0.05) is 0 Å². The lowest BCUT2D eigenvalue weighted by Gasteiger charge is -2.32. The summed E-state index contributed by atoms with van der Waals surface area (Å²) in [5.41, 5.74) is 0. The molecular formula is C14H35N5. The summed E-state index contributed by atoms with van der Waals surface area (Å²) in [7, 11) is 17.1. The molecule has 0 aliphatic rings. The predicted molar refractivity (Wildman–Crippen MR) is 84.4 cm³/mol. The van der Waals surface area contributed by atoms with Crippen LogP contribution in [0.1, 0.15) is 12.8 Å². The van der Waals surface area contributed by atoms with Gasteiger partial charge in [0.2, 0.25) is 0 Å². The van der Waals surface area contributed by atoms with Crippen LogP contribution in [-0.4, -0.2) is 101 Å². The molecule has 0 bridgehead atoms. The summed E-state index contributed by atoms with van der Waals surface area (Å²) in [5.74, 6) is 0. The topological polar surface area (TPSA) is 25.0 Å². The Morgan fingerprint density at radius 1 is 0.579 bits per heavy atom. The van der Waals surface area contributed by atoms with E-state index in [0.29, 0.717) is 12.3 Å². The first-order valence-electron chi connectivity index (χ1n) is 7.13. The molecule has 0 aromatic carbocycles. The predicted octanol–water partition coefficient (Wildman–Crippen LogP) is 0.255. The molecule has 0 aromatic rings. The molecule has 0 spiro atoms. The number of hydrogen-bond donors (Lipinski definition) is 1. The van der Waals surface area contributed by atoms with Gasteiger partial charge in [-0.3, -0.25) is 19.6 Å². The Balaban J connectivity index is 3.85.